The number of quaternary nitrogens is 1. The Hall–Kier alpha value is -2.39. The van der Waals surface area contributed by atoms with Gasteiger partial charge >= 0.3 is 6.18 Å². The standard InChI is InChI=1S/C23H22ClF3N2O3/c1-29(18-12-20(30)28-13-18)9-10-31-22(21(29)15-5-3-2-4-6-15)32-14-16-11-17(23(25,26)27)7-8-19(16)24/h2-8,11-12,21-22H,9-10,13-14H2,1H3/p+1/t21-,22+,29?/m0/s1. The molecule has 2 heterocycles. The lowest BCUT2D eigenvalue weighted by atomic mass is 9.99. The number of carbonyl (C=O) groups is 1. The second-order valence-corrected chi connectivity index (χ2v) is 8.46. The third-order valence-corrected chi connectivity index (χ3v) is 6.39. The van der Waals surface area contributed by atoms with Crippen LogP contribution in [0.4, 0.5) is 13.2 Å². The summed E-state index contributed by atoms with van der Waals surface area (Å²) < 4.78 is 51.8. The number of hydrogen-bond acceptors (Lipinski definition) is 3. The molecule has 0 spiro atoms. The SMILES string of the molecule is C[N+]1(C2=CC(=O)NC2)CCO[C@H](OCc2cc(C(F)(F)F)ccc2Cl)[C@@H]1c1ccccc1. The van der Waals surface area contributed by atoms with E-state index in [2.05, 4.69) is 5.32 Å². The molecule has 0 radical (unpaired) electrons. The molecule has 1 fully saturated rings. The first kappa shape index (κ1) is 22.8. The lowest BCUT2D eigenvalue weighted by Gasteiger charge is -2.47. The zero-order valence-electron chi connectivity index (χ0n) is 17.4. The van der Waals surface area contributed by atoms with Gasteiger partial charge in [0.25, 0.3) is 0 Å². The fourth-order valence-electron chi connectivity index (χ4n) is 4.25. The Bertz CT molecular complexity index is 1030. The number of ether oxygens (including phenoxy) is 2. The molecule has 1 saturated heterocycles. The van der Waals surface area contributed by atoms with Gasteiger partial charge in [-0.2, -0.15) is 13.2 Å². The van der Waals surface area contributed by atoms with Crippen molar-refractivity contribution in [2.45, 2.75) is 25.1 Å². The first-order valence-corrected chi connectivity index (χ1v) is 10.5. The van der Waals surface area contributed by atoms with Crippen LogP contribution in [0.15, 0.2) is 60.3 Å². The largest absolute Gasteiger partial charge is 0.416 e. The number of morpholine rings is 1. The molecule has 170 valence electrons. The van der Waals surface area contributed by atoms with Crippen molar-refractivity contribution in [3.8, 4) is 0 Å². The molecule has 1 N–H and O–H groups in total. The average molecular weight is 468 g/mol. The maximum Gasteiger partial charge on any atom is 0.416 e. The van der Waals surface area contributed by atoms with Crippen molar-refractivity contribution in [1.29, 1.82) is 0 Å². The lowest BCUT2D eigenvalue weighted by molar-refractivity contribution is -0.921. The predicted octanol–water partition coefficient (Wildman–Crippen LogP) is 4.43. The van der Waals surface area contributed by atoms with Crippen LogP contribution in [0, 0.1) is 0 Å². The fourth-order valence-corrected chi connectivity index (χ4v) is 4.42. The molecule has 0 aliphatic carbocycles. The molecule has 5 nitrogen and oxygen atoms in total. The van der Waals surface area contributed by atoms with Gasteiger partial charge in [0.15, 0.2) is 6.04 Å². The third-order valence-electron chi connectivity index (χ3n) is 6.02. The highest BCUT2D eigenvalue weighted by molar-refractivity contribution is 6.31. The summed E-state index contributed by atoms with van der Waals surface area (Å²) in [6.07, 6.45) is -3.63. The zero-order valence-corrected chi connectivity index (χ0v) is 18.1. The molecule has 2 aliphatic heterocycles. The van der Waals surface area contributed by atoms with Gasteiger partial charge in [0, 0.05) is 10.6 Å². The number of carbonyl (C=O) groups excluding carboxylic acids is 1. The molecule has 1 amide bonds. The van der Waals surface area contributed by atoms with Crippen molar-refractivity contribution in [3.05, 3.63) is 82.0 Å². The zero-order chi connectivity index (χ0) is 22.9. The minimum atomic E-state index is -4.48. The van der Waals surface area contributed by atoms with E-state index in [-0.39, 0.29) is 29.1 Å². The second kappa shape index (κ2) is 8.86. The predicted molar refractivity (Wildman–Crippen MR) is 112 cm³/mol. The van der Waals surface area contributed by atoms with E-state index in [9.17, 15) is 18.0 Å². The van der Waals surface area contributed by atoms with Gasteiger partial charge in [-0.1, -0.05) is 41.9 Å². The van der Waals surface area contributed by atoms with Gasteiger partial charge in [0.05, 0.1) is 38.4 Å². The van der Waals surface area contributed by atoms with Crippen molar-refractivity contribution in [1.82, 2.24) is 5.32 Å². The number of halogens is 4. The molecular weight excluding hydrogens is 445 g/mol. The van der Waals surface area contributed by atoms with Crippen LogP contribution in [0.5, 0.6) is 0 Å². The van der Waals surface area contributed by atoms with Crippen LogP contribution in [-0.4, -0.2) is 43.4 Å². The number of likely N-dealkylation sites (N-methyl/N-ethyl adjacent to an activating group) is 1. The Morgan fingerprint density at radius 3 is 2.62 bits per heavy atom. The van der Waals surface area contributed by atoms with E-state index in [1.165, 1.54) is 6.07 Å². The summed E-state index contributed by atoms with van der Waals surface area (Å²) in [6.45, 7) is 1.26. The van der Waals surface area contributed by atoms with Gasteiger partial charge in [-0.15, -0.1) is 0 Å². The van der Waals surface area contributed by atoms with Gasteiger partial charge in [0.1, 0.15) is 12.2 Å². The van der Waals surface area contributed by atoms with E-state index < -0.39 is 18.0 Å². The molecule has 2 aromatic carbocycles. The van der Waals surface area contributed by atoms with Crippen molar-refractivity contribution in [2.24, 2.45) is 0 Å². The lowest BCUT2D eigenvalue weighted by Crippen LogP contribution is -2.58. The molecular formula is C23H23ClF3N2O3+. The van der Waals surface area contributed by atoms with Crippen LogP contribution in [0.1, 0.15) is 22.7 Å². The van der Waals surface area contributed by atoms with Gasteiger partial charge in [-0.3, -0.25) is 9.28 Å². The summed E-state index contributed by atoms with van der Waals surface area (Å²) in [6, 6.07) is 12.5. The average Bonchev–Trinajstić information content (AvgIpc) is 3.20. The summed E-state index contributed by atoms with van der Waals surface area (Å²) in [7, 11) is 2.01. The van der Waals surface area contributed by atoms with Gasteiger partial charge in [-0.25, -0.2) is 0 Å². The maximum absolute atomic E-state index is 13.1. The van der Waals surface area contributed by atoms with Crippen LogP contribution >= 0.6 is 11.6 Å². The number of alkyl halides is 3. The highest BCUT2D eigenvalue weighted by Gasteiger charge is 2.48. The van der Waals surface area contributed by atoms with Crippen LogP contribution < -0.4 is 5.32 Å². The number of rotatable bonds is 5. The Labute approximate surface area is 189 Å². The van der Waals surface area contributed by atoms with Crippen LogP contribution in [0.25, 0.3) is 0 Å². The second-order valence-electron chi connectivity index (χ2n) is 8.05. The highest BCUT2D eigenvalue weighted by atomic mass is 35.5. The number of hydrogen-bond donors (Lipinski definition) is 1. The topological polar surface area (TPSA) is 47.6 Å². The smallest absolute Gasteiger partial charge is 0.343 e. The van der Waals surface area contributed by atoms with E-state index in [1.54, 1.807) is 6.08 Å². The van der Waals surface area contributed by atoms with Gasteiger partial charge in [0.2, 0.25) is 12.2 Å². The summed E-state index contributed by atoms with van der Waals surface area (Å²) in [5.41, 5.74) is 1.28. The number of nitrogens with one attached hydrogen (secondary N) is 1. The molecule has 3 atom stereocenters. The van der Waals surface area contributed by atoms with E-state index in [0.29, 0.717) is 24.2 Å². The van der Waals surface area contributed by atoms with E-state index in [0.717, 1.165) is 23.4 Å². The maximum atomic E-state index is 13.1. The number of benzene rings is 2. The number of nitrogens with zero attached hydrogens (tertiary/aromatic N) is 1. The summed E-state index contributed by atoms with van der Waals surface area (Å²) >= 11 is 6.15. The Morgan fingerprint density at radius 1 is 1.22 bits per heavy atom. The fraction of sp³-hybridized carbons (Fsp3) is 0.348. The van der Waals surface area contributed by atoms with E-state index in [1.807, 2.05) is 37.4 Å². The highest BCUT2D eigenvalue weighted by Crippen LogP contribution is 2.40. The molecule has 1 unspecified atom stereocenters. The van der Waals surface area contributed by atoms with Crippen LogP contribution in [0.3, 0.4) is 0 Å². The molecule has 0 saturated carbocycles. The van der Waals surface area contributed by atoms with Crippen molar-refractivity contribution < 1.29 is 31.9 Å². The first-order valence-electron chi connectivity index (χ1n) is 10.2. The van der Waals surface area contributed by atoms with Gasteiger partial charge in [-0.05, 0) is 23.8 Å². The van der Waals surface area contributed by atoms with Crippen molar-refractivity contribution in [2.75, 3.05) is 26.7 Å². The summed E-state index contributed by atoms with van der Waals surface area (Å²) in [5.74, 6) is -0.147. The molecule has 0 aromatic heterocycles. The van der Waals surface area contributed by atoms with Crippen LogP contribution in [-0.2, 0) is 27.1 Å². The minimum absolute atomic E-state index is 0.146. The minimum Gasteiger partial charge on any atom is -0.343 e. The van der Waals surface area contributed by atoms with Crippen LogP contribution in [0.2, 0.25) is 5.02 Å². The van der Waals surface area contributed by atoms with Gasteiger partial charge < -0.3 is 14.8 Å². The first-order chi connectivity index (χ1) is 15.2. The quantitative estimate of drug-likeness (QED) is 0.662. The molecule has 2 aliphatic rings. The molecule has 4 rings (SSSR count). The van der Waals surface area contributed by atoms with Crippen molar-refractivity contribution >= 4 is 17.5 Å². The Balaban J connectivity index is 1.64. The Kier molecular flexibility index (Phi) is 6.31. The molecule has 9 heteroatoms. The van der Waals surface area contributed by atoms with E-state index >= 15 is 0 Å². The third kappa shape index (κ3) is 4.54. The summed E-state index contributed by atoms with van der Waals surface area (Å²) in [4.78, 5) is 11.9. The van der Waals surface area contributed by atoms with E-state index in [4.69, 9.17) is 21.1 Å². The monoisotopic (exact) mass is 467 g/mol. The summed E-state index contributed by atoms with van der Waals surface area (Å²) in [5, 5.41) is 3.00. The normalized spacial score (nSPS) is 26.0. The Morgan fingerprint density at radius 2 is 1.97 bits per heavy atom. The molecule has 32 heavy (non-hydrogen) atoms. The molecule has 2 aromatic rings. The number of amides is 1. The van der Waals surface area contributed by atoms with Crippen molar-refractivity contribution in [3.63, 3.8) is 0 Å². The molecule has 0 bridgehead atoms.